The lowest BCUT2D eigenvalue weighted by molar-refractivity contribution is -0.137. The number of nitrogens with zero attached hydrogens (tertiary/aromatic N) is 4. The summed E-state index contributed by atoms with van der Waals surface area (Å²) in [5.41, 5.74) is 1.06. The number of likely N-dealkylation sites (tertiary alicyclic amines) is 1. The van der Waals surface area contributed by atoms with Gasteiger partial charge in [0, 0.05) is 47.1 Å². The SMILES string of the molecule is Cc1ccc(-c2nccs2)c(C(=O)N2CC3CC34CC(Oc3ccc(C(F)(F)F)cn3)C24)n1. The molecule has 4 atom stereocenters. The van der Waals surface area contributed by atoms with Crippen LogP contribution in [-0.4, -0.2) is 44.4 Å². The third-order valence-electron chi connectivity index (χ3n) is 7.05. The number of aromatic nitrogens is 3. The molecule has 2 saturated carbocycles. The molecule has 3 aliphatic rings. The van der Waals surface area contributed by atoms with Crippen molar-refractivity contribution in [2.24, 2.45) is 11.3 Å². The fourth-order valence-corrected chi connectivity index (χ4v) is 6.07. The Bertz CT molecular complexity index is 1230. The van der Waals surface area contributed by atoms with Gasteiger partial charge in [0.1, 0.15) is 16.8 Å². The van der Waals surface area contributed by atoms with Crippen molar-refractivity contribution in [3.05, 3.63) is 59.0 Å². The molecule has 3 aromatic heterocycles. The molecule has 0 aromatic carbocycles. The van der Waals surface area contributed by atoms with Crippen molar-refractivity contribution in [3.8, 4) is 16.5 Å². The Labute approximate surface area is 191 Å². The first-order valence-corrected chi connectivity index (χ1v) is 11.5. The van der Waals surface area contributed by atoms with Crippen LogP contribution < -0.4 is 4.74 Å². The van der Waals surface area contributed by atoms with Crippen LogP contribution in [0.3, 0.4) is 0 Å². The lowest BCUT2D eigenvalue weighted by Gasteiger charge is -2.46. The van der Waals surface area contributed by atoms with Crippen LogP contribution in [0.4, 0.5) is 13.2 Å². The molecular weight excluding hydrogens is 453 g/mol. The van der Waals surface area contributed by atoms with Crippen LogP contribution in [0.2, 0.25) is 0 Å². The van der Waals surface area contributed by atoms with E-state index in [-0.39, 0.29) is 29.3 Å². The minimum absolute atomic E-state index is 0.0530. The Hall–Kier alpha value is -3.01. The summed E-state index contributed by atoms with van der Waals surface area (Å²) in [6.07, 6.45) is -0.465. The molecule has 6 nitrogen and oxygen atoms in total. The molecule has 33 heavy (non-hydrogen) atoms. The zero-order valence-electron chi connectivity index (χ0n) is 17.5. The van der Waals surface area contributed by atoms with Gasteiger partial charge in [0.25, 0.3) is 5.91 Å². The Morgan fingerprint density at radius 3 is 2.76 bits per heavy atom. The second-order valence-electron chi connectivity index (χ2n) is 8.97. The Morgan fingerprint density at radius 1 is 1.21 bits per heavy atom. The number of thiazole rings is 1. The molecule has 1 spiro atoms. The highest BCUT2D eigenvalue weighted by Gasteiger charge is 2.76. The van der Waals surface area contributed by atoms with Crippen molar-refractivity contribution in [1.82, 2.24) is 19.9 Å². The monoisotopic (exact) mass is 472 g/mol. The van der Waals surface area contributed by atoms with E-state index >= 15 is 0 Å². The highest BCUT2D eigenvalue weighted by Crippen LogP contribution is 2.71. The number of halogens is 3. The standard InChI is InChI=1S/C23H19F3N4O2S/c1-12-2-4-15(20-27-6-7-33-20)18(29-12)21(31)30-11-14-8-22(14)9-16(19(22)30)32-17-5-3-13(10-28-17)23(24,25)26/h2-7,10,14,16,19H,8-9,11H2,1H3. The van der Waals surface area contributed by atoms with Gasteiger partial charge in [-0.25, -0.2) is 15.0 Å². The number of rotatable bonds is 4. The number of amides is 1. The van der Waals surface area contributed by atoms with Crippen LogP contribution in [0.25, 0.3) is 10.6 Å². The molecule has 0 N–H and O–H groups in total. The largest absolute Gasteiger partial charge is 0.472 e. The topological polar surface area (TPSA) is 68.2 Å². The second-order valence-corrected chi connectivity index (χ2v) is 9.86. The lowest BCUT2D eigenvalue weighted by atomic mass is 9.73. The Balaban J connectivity index is 1.26. The predicted molar refractivity (Wildman–Crippen MR) is 114 cm³/mol. The maximum absolute atomic E-state index is 13.7. The fraction of sp³-hybridized carbons (Fsp3) is 0.391. The van der Waals surface area contributed by atoms with Crippen LogP contribution >= 0.6 is 11.3 Å². The van der Waals surface area contributed by atoms with E-state index in [9.17, 15) is 18.0 Å². The van der Waals surface area contributed by atoms with Gasteiger partial charge < -0.3 is 9.64 Å². The van der Waals surface area contributed by atoms with E-state index in [2.05, 4.69) is 15.0 Å². The molecule has 4 heterocycles. The number of hydrogen-bond acceptors (Lipinski definition) is 6. The minimum atomic E-state index is -4.45. The van der Waals surface area contributed by atoms with E-state index in [0.29, 0.717) is 23.7 Å². The molecule has 2 aliphatic carbocycles. The molecule has 1 aliphatic heterocycles. The smallest absolute Gasteiger partial charge is 0.417 e. The van der Waals surface area contributed by atoms with Gasteiger partial charge in [-0.15, -0.1) is 11.3 Å². The van der Waals surface area contributed by atoms with Gasteiger partial charge in [-0.2, -0.15) is 13.2 Å². The zero-order chi connectivity index (χ0) is 23.0. The van der Waals surface area contributed by atoms with Crippen molar-refractivity contribution in [1.29, 1.82) is 0 Å². The number of carbonyl (C=O) groups excluding carboxylic acids is 1. The molecule has 1 amide bonds. The average molecular weight is 472 g/mol. The molecule has 10 heteroatoms. The molecule has 170 valence electrons. The van der Waals surface area contributed by atoms with E-state index in [0.717, 1.165) is 35.8 Å². The third-order valence-corrected chi connectivity index (χ3v) is 7.86. The third kappa shape index (κ3) is 3.22. The highest BCUT2D eigenvalue weighted by atomic mass is 32.1. The van der Waals surface area contributed by atoms with E-state index in [4.69, 9.17) is 4.74 Å². The normalized spacial score (nSPS) is 27.5. The quantitative estimate of drug-likeness (QED) is 0.555. The molecule has 3 aromatic rings. The molecule has 3 fully saturated rings. The number of ether oxygens (including phenoxy) is 1. The maximum atomic E-state index is 13.7. The number of alkyl halides is 3. The molecule has 0 bridgehead atoms. The minimum Gasteiger partial charge on any atom is -0.472 e. The van der Waals surface area contributed by atoms with Crippen molar-refractivity contribution < 1.29 is 22.7 Å². The summed E-state index contributed by atoms with van der Waals surface area (Å²) >= 11 is 1.45. The lowest BCUT2D eigenvalue weighted by Crippen LogP contribution is -2.59. The van der Waals surface area contributed by atoms with Crippen molar-refractivity contribution in [2.45, 2.75) is 38.1 Å². The molecule has 0 radical (unpaired) electrons. The van der Waals surface area contributed by atoms with Crippen molar-refractivity contribution >= 4 is 17.2 Å². The summed E-state index contributed by atoms with van der Waals surface area (Å²) in [4.78, 5) is 28.2. The number of piperidine rings is 1. The van der Waals surface area contributed by atoms with Gasteiger partial charge in [-0.3, -0.25) is 4.79 Å². The van der Waals surface area contributed by atoms with Crippen LogP contribution in [-0.2, 0) is 6.18 Å². The number of carbonyl (C=O) groups is 1. The zero-order valence-corrected chi connectivity index (χ0v) is 18.4. The van der Waals surface area contributed by atoms with E-state index in [1.165, 1.54) is 17.4 Å². The van der Waals surface area contributed by atoms with E-state index < -0.39 is 11.7 Å². The van der Waals surface area contributed by atoms with Crippen molar-refractivity contribution in [2.75, 3.05) is 6.54 Å². The summed E-state index contributed by atoms with van der Waals surface area (Å²) in [5, 5.41) is 2.59. The van der Waals surface area contributed by atoms with E-state index in [1.807, 2.05) is 29.3 Å². The number of hydrogen-bond donors (Lipinski definition) is 0. The second kappa shape index (κ2) is 6.99. The molecule has 6 rings (SSSR count). The van der Waals surface area contributed by atoms with Crippen LogP contribution in [0.15, 0.2) is 42.0 Å². The number of pyridine rings is 2. The Kier molecular flexibility index (Phi) is 4.36. The van der Waals surface area contributed by atoms with Gasteiger partial charge in [0.2, 0.25) is 5.88 Å². The van der Waals surface area contributed by atoms with Gasteiger partial charge >= 0.3 is 6.18 Å². The van der Waals surface area contributed by atoms with Gasteiger partial charge in [0.05, 0.1) is 11.6 Å². The summed E-state index contributed by atoms with van der Waals surface area (Å²) in [7, 11) is 0. The summed E-state index contributed by atoms with van der Waals surface area (Å²) < 4.78 is 44.4. The number of aryl methyl sites for hydroxylation is 1. The first-order chi connectivity index (χ1) is 15.8. The van der Waals surface area contributed by atoms with Crippen LogP contribution in [0, 0.1) is 18.3 Å². The average Bonchev–Trinajstić information content (AvgIpc) is 3.14. The first kappa shape index (κ1) is 20.6. The Morgan fingerprint density at radius 2 is 2.06 bits per heavy atom. The predicted octanol–water partition coefficient (Wildman–Crippen LogP) is 4.61. The summed E-state index contributed by atoms with van der Waals surface area (Å²) in [5.74, 6) is 0.408. The van der Waals surface area contributed by atoms with Crippen LogP contribution in [0.1, 0.15) is 34.6 Å². The molecule has 4 unspecified atom stereocenters. The van der Waals surface area contributed by atoms with Gasteiger partial charge in [-0.1, -0.05) is 0 Å². The summed E-state index contributed by atoms with van der Waals surface area (Å²) in [6, 6.07) is 5.81. The van der Waals surface area contributed by atoms with Gasteiger partial charge in [0.15, 0.2) is 0 Å². The molecular formula is C23H19F3N4O2S. The highest BCUT2D eigenvalue weighted by molar-refractivity contribution is 7.13. The van der Waals surface area contributed by atoms with Gasteiger partial charge in [-0.05, 0) is 43.9 Å². The maximum Gasteiger partial charge on any atom is 0.417 e. The molecule has 1 saturated heterocycles. The fourth-order valence-electron chi connectivity index (χ4n) is 5.41. The van der Waals surface area contributed by atoms with Crippen molar-refractivity contribution in [3.63, 3.8) is 0 Å². The van der Waals surface area contributed by atoms with Crippen LogP contribution in [0.5, 0.6) is 5.88 Å². The van der Waals surface area contributed by atoms with E-state index in [1.54, 1.807) is 6.20 Å². The first-order valence-electron chi connectivity index (χ1n) is 10.6. The summed E-state index contributed by atoms with van der Waals surface area (Å²) in [6.45, 7) is 2.48.